The van der Waals surface area contributed by atoms with Crippen LogP contribution >= 0.6 is 0 Å². The molecule has 4 rings (SSSR count). The summed E-state index contributed by atoms with van der Waals surface area (Å²) in [6.07, 6.45) is 1.29. The number of amides is 4. The van der Waals surface area contributed by atoms with Crippen molar-refractivity contribution in [2.75, 3.05) is 12.0 Å². The summed E-state index contributed by atoms with van der Waals surface area (Å²) in [5, 5.41) is 2.19. The molecule has 2 aromatic carbocycles. The number of nitrogens with zero attached hydrogens (tertiary/aromatic N) is 1. The average molecular weight is 430 g/mol. The molecule has 1 aliphatic rings. The monoisotopic (exact) mass is 430 g/mol. The first-order valence-electron chi connectivity index (χ1n) is 9.64. The van der Waals surface area contributed by atoms with Crippen molar-refractivity contribution in [1.82, 2.24) is 5.32 Å². The average Bonchev–Trinajstić information content (AvgIpc) is 3.26. The van der Waals surface area contributed by atoms with E-state index >= 15 is 0 Å². The Balaban J connectivity index is 1.63. The van der Waals surface area contributed by atoms with Crippen molar-refractivity contribution >= 4 is 35.6 Å². The number of carbonyl (C=O) groups is 4. The molecule has 1 aliphatic heterocycles. The van der Waals surface area contributed by atoms with Gasteiger partial charge in [-0.1, -0.05) is 30.3 Å². The van der Waals surface area contributed by atoms with Gasteiger partial charge in [-0.05, 0) is 48.9 Å². The summed E-state index contributed by atoms with van der Waals surface area (Å²) in [6.45, 7) is 1.76. The molecule has 1 N–H and O–H groups in total. The molecule has 1 saturated heterocycles. The number of hydrogen-bond acceptors (Lipinski definition) is 6. The quantitative estimate of drug-likeness (QED) is 0.384. The zero-order valence-corrected chi connectivity index (χ0v) is 17.2. The van der Waals surface area contributed by atoms with Crippen molar-refractivity contribution in [2.24, 2.45) is 0 Å². The predicted octanol–water partition coefficient (Wildman–Crippen LogP) is 3.71. The molecule has 1 aromatic heterocycles. The van der Waals surface area contributed by atoms with Crippen LogP contribution in [0.2, 0.25) is 0 Å². The van der Waals surface area contributed by atoms with Gasteiger partial charge in [0.1, 0.15) is 17.1 Å². The second-order valence-corrected chi connectivity index (χ2v) is 7.02. The molecule has 160 valence electrons. The molecule has 8 nitrogen and oxygen atoms in total. The van der Waals surface area contributed by atoms with Crippen molar-refractivity contribution in [1.29, 1.82) is 0 Å². The Bertz CT molecular complexity index is 1270. The first-order chi connectivity index (χ1) is 15.4. The van der Waals surface area contributed by atoms with Crippen molar-refractivity contribution < 1.29 is 28.3 Å². The van der Waals surface area contributed by atoms with E-state index < -0.39 is 23.8 Å². The van der Waals surface area contributed by atoms with Crippen LogP contribution in [0.1, 0.15) is 21.7 Å². The number of hydrogen-bond donors (Lipinski definition) is 1. The van der Waals surface area contributed by atoms with Crippen molar-refractivity contribution in [3.63, 3.8) is 0 Å². The number of anilines is 1. The molecule has 32 heavy (non-hydrogen) atoms. The third kappa shape index (κ3) is 3.81. The lowest BCUT2D eigenvalue weighted by atomic mass is 10.1. The van der Waals surface area contributed by atoms with Crippen LogP contribution in [-0.2, 0) is 14.3 Å². The third-order valence-electron chi connectivity index (χ3n) is 4.96. The maximum Gasteiger partial charge on any atom is 0.337 e. The maximum atomic E-state index is 13.0. The van der Waals surface area contributed by atoms with Crippen LogP contribution in [-0.4, -0.2) is 30.9 Å². The highest BCUT2D eigenvalue weighted by molar-refractivity contribution is 6.39. The molecule has 2 heterocycles. The van der Waals surface area contributed by atoms with Gasteiger partial charge in [-0.3, -0.25) is 14.9 Å². The van der Waals surface area contributed by atoms with E-state index in [2.05, 4.69) is 10.1 Å². The Morgan fingerprint density at radius 1 is 1.00 bits per heavy atom. The van der Waals surface area contributed by atoms with E-state index in [9.17, 15) is 19.2 Å². The molecule has 0 unspecified atom stereocenters. The van der Waals surface area contributed by atoms with Gasteiger partial charge in [0.05, 0.1) is 18.4 Å². The largest absolute Gasteiger partial charge is 0.465 e. The number of aryl methyl sites for hydroxylation is 1. The number of barbiturate groups is 1. The maximum absolute atomic E-state index is 13.0. The Morgan fingerprint density at radius 2 is 1.72 bits per heavy atom. The highest BCUT2D eigenvalue weighted by Crippen LogP contribution is 2.27. The number of nitrogens with one attached hydrogen (secondary N) is 1. The second-order valence-electron chi connectivity index (χ2n) is 7.02. The molecule has 4 amide bonds. The van der Waals surface area contributed by atoms with Crippen molar-refractivity contribution in [3.8, 4) is 11.3 Å². The van der Waals surface area contributed by atoms with E-state index in [1.807, 2.05) is 0 Å². The number of esters is 1. The van der Waals surface area contributed by atoms with Crippen LogP contribution in [0.15, 0.2) is 70.7 Å². The van der Waals surface area contributed by atoms with Crippen molar-refractivity contribution in [3.05, 3.63) is 83.1 Å². The highest BCUT2D eigenvalue weighted by atomic mass is 16.5. The first kappa shape index (κ1) is 20.8. The number of carbonyl (C=O) groups excluding carboxylic acids is 4. The molecule has 0 aliphatic carbocycles. The van der Waals surface area contributed by atoms with E-state index in [1.165, 1.54) is 13.2 Å². The smallest absolute Gasteiger partial charge is 0.337 e. The lowest BCUT2D eigenvalue weighted by Crippen LogP contribution is -2.54. The number of para-hydroxylation sites is 1. The second kappa shape index (κ2) is 8.35. The molecule has 0 saturated carbocycles. The number of ether oxygens (including phenoxy) is 1. The van der Waals surface area contributed by atoms with Crippen LogP contribution < -0.4 is 10.2 Å². The number of rotatable bonds is 4. The molecule has 0 atom stereocenters. The van der Waals surface area contributed by atoms with Gasteiger partial charge >= 0.3 is 12.0 Å². The first-order valence-corrected chi connectivity index (χ1v) is 9.64. The fraction of sp³-hybridized carbons (Fsp3) is 0.0833. The minimum absolute atomic E-state index is 0.227. The van der Waals surface area contributed by atoms with Gasteiger partial charge < -0.3 is 9.15 Å². The summed E-state index contributed by atoms with van der Waals surface area (Å²) in [4.78, 5) is 50.2. The number of imide groups is 2. The predicted molar refractivity (Wildman–Crippen MR) is 116 cm³/mol. The van der Waals surface area contributed by atoms with Gasteiger partial charge in [-0.15, -0.1) is 0 Å². The summed E-state index contributed by atoms with van der Waals surface area (Å²) in [6, 6.07) is 15.9. The standard InChI is InChI=1S/C24H18N2O6/c1-14-5-3-4-6-19(14)26-22(28)18(21(27)25-24(26)30)13-17-11-12-20(32-17)15-7-9-16(10-8-15)23(29)31-2/h3-13H,1-2H3,(H,25,27,30)/b18-13+. The normalized spacial score (nSPS) is 15.1. The molecule has 0 spiro atoms. The third-order valence-corrected chi connectivity index (χ3v) is 4.96. The van der Waals surface area contributed by atoms with Gasteiger partial charge in [0, 0.05) is 5.56 Å². The Kier molecular flexibility index (Phi) is 5.43. The van der Waals surface area contributed by atoms with Gasteiger partial charge in [-0.25, -0.2) is 14.5 Å². The van der Waals surface area contributed by atoms with Gasteiger partial charge in [0.15, 0.2) is 0 Å². The topological polar surface area (TPSA) is 106 Å². The van der Waals surface area contributed by atoms with E-state index in [0.29, 0.717) is 28.1 Å². The molecule has 0 radical (unpaired) electrons. The molecule has 1 fully saturated rings. The van der Waals surface area contributed by atoms with Crippen molar-refractivity contribution in [2.45, 2.75) is 6.92 Å². The molecule has 0 bridgehead atoms. The summed E-state index contributed by atoms with van der Waals surface area (Å²) in [5.41, 5.74) is 1.96. The number of methoxy groups -OCH3 is 1. The van der Waals surface area contributed by atoms with Crippen LogP contribution in [0.25, 0.3) is 17.4 Å². The SMILES string of the molecule is COC(=O)c1ccc(-c2ccc(/C=C3\C(=O)NC(=O)N(c4ccccc4C)C3=O)o2)cc1. The van der Waals surface area contributed by atoms with Crippen LogP contribution in [0, 0.1) is 6.92 Å². The highest BCUT2D eigenvalue weighted by Gasteiger charge is 2.37. The Labute approximate surface area is 183 Å². The van der Waals surface area contributed by atoms with E-state index in [4.69, 9.17) is 4.42 Å². The van der Waals surface area contributed by atoms with E-state index in [0.717, 1.165) is 4.90 Å². The van der Waals surface area contributed by atoms with Crippen LogP contribution in [0.5, 0.6) is 0 Å². The lowest BCUT2D eigenvalue weighted by Gasteiger charge is -2.27. The zero-order valence-electron chi connectivity index (χ0n) is 17.2. The molecule has 8 heteroatoms. The minimum atomic E-state index is -0.808. The van der Waals surface area contributed by atoms with E-state index in [1.54, 1.807) is 67.6 Å². The van der Waals surface area contributed by atoms with Gasteiger partial charge in [0.2, 0.25) is 0 Å². The number of furan rings is 1. The number of urea groups is 1. The van der Waals surface area contributed by atoms with Crippen LogP contribution in [0.3, 0.4) is 0 Å². The number of benzene rings is 2. The summed E-state index contributed by atoms with van der Waals surface area (Å²) >= 11 is 0. The molecular weight excluding hydrogens is 412 g/mol. The summed E-state index contributed by atoms with van der Waals surface area (Å²) < 4.78 is 10.4. The van der Waals surface area contributed by atoms with Crippen LogP contribution in [0.4, 0.5) is 10.5 Å². The fourth-order valence-electron chi connectivity index (χ4n) is 3.31. The fourth-order valence-corrected chi connectivity index (χ4v) is 3.31. The summed E-state index contributed by atoms with van der Waals surface area (Å²) in [5.74, 6) is -1.26. The lowest BCUT2D eigenvalue weighted by molar-refractivity contribution is -0.122. The van der Waals surface area contributed by atoms with Gasteiger partial charge in [0.25, 0.3) is 11.8 Å². The Hall–Kier alpha value is -4.46. The Morgan fingerprint density at radius 3 is 2.41 bits per heavy atom. The van der Waals surface area contributed by atoms with E-state index in [-0.39, 0.29) is 11.3 Å². The minimum Gasteiger partial charge on any atom is -0.465 e. The van der Waals surface area contributed by atoms with Gasteiger partial charge in [-0.2, -0.15) is 0 Å². The molecule has 3 aromatic rings. The molecular formula is C24H18N2O6. The zero-order chi connectivity index (χ0) is 22.8. The summed E-state index contributed by atoms with van der Waals surface area (Å²) in [7, 11) is 1.30.